The van der Waals surface area contributed by atoms with Crippen molar-refractivity contribution in [3.05, 3.63) is 65.7 Å². The summed E-state index contributed by atoms with van der Waals surface area (Å²) in [4.78, 5) is 22.4. The van der Waals surface area contributed by atoms with Crippen LogP contribution in [-0.2, 0) is 0 Å². The third-order valence-corrected chi connectivity index (χ3v) is 2.95. The third kappa shape index (κ3) is 2.44. The quantitative estimate of drug-likeness (QED) is 0.891. The van der Waals surface area contributed by atoms with Crippen LogP contribution in [0.1, 0.15) is 26.3 Å². The van der Waals surface area contributed by atoms with Crippen molar-refractivity contribution < 1.29 is 19.8 Å². The van der Waals surface area contributed by atoms with Crippen molar-refractivity contribution in [1.29, 1.82) is 0 Å². The summed E-state index contributed by atoms with van der Waals surface area (Å²) >= 11 is 0. The number of carbonyl (C=O) groups is 2. The third-order valence-electron chi connectivity index (χ3n) is 2.95. The Morgan fingerprint density at radius 1 is 1.00 bits per heavy atom. The molecule has 4 nitrogen and oxygen atoms in total. The van der Waals surface area contributed by atoms with E-state index >= 15 is 0 Å². The molecule has 2 N–H and O–H groups in total. The summed E-state index contributed by atoms with van der Waals surface area (Å²) in [6, 6.07) is 11.2. The highest BCUT2D eigenvalue weighted by atomic mass is 16.4. The van der Waals surface area contributed by atoms with Crippen LogP contribution in [0.25, 0.3) is 17.2 Å². The molecule has 0 aliphatic rings. The molecule has 0 radical (unpaired) electrons. The van der Waals surface area contributed by atoms with Crippen LogP contribution in [-0.4, -0.2) is 22.2 Å². The summed E-state index contributed by atoms with van der Waals surface area (Å²) in [6.07, 6.45) is 1.47. The van der Waals surface area contributed by atoms with Crippen molar-refractivity contribution in [3.63, 3.8) is 0 Å². The van der Waals surface area contributed by atoms with Crippen molar-refractivity contribution in [1.82, 2.24) is 0 Å². The first-order valence-corrected chi connectivity index (χ1v) is 5.87. The lowest BCUT2D eigenvalue weighted by molar-refractivity contribution is 0.0687. The summed E-state index contributed by atoms with van der Waals surface area (Å²) in [5.74, 6) is -2.13. The zero-order chi connectivity index (χ0) is 14.7. The van der Waals surface area contributed by atoms with E-state index in [2.05, 4.69) is 6.58 Å². The minimum Gasteiger partial charge on any atom is -0.478 e. The van der Waals surface area contributed by atoms with Gasteiger partial charge in [0.15, 0.2) is 0 Å². The molecule has 2 rings (SSSR count). The van der Waals surface area contributed by atoms with Gasteiger partial charge in [0.2, 0.25) is 0 Å². The van der Waals surface area contributed by atoms with Crippen LogP contribution in [0, 0.1) is 0 Å². The topological polar surface area (TPSA) is 74.6 Å². The molecule has 4 heteroatoms. The Labute approximate surface area is 115 Å². The van der Waals surface area contributed by atoms with Crippen LogP contribution >= 0.6 is 0 Å². The Balaban J connectivity index is 2.69. The highest BCUT2D eigenvalue weighted by Gasteiger charge is 2.15. The maximum Gasteiger partial charge on any atom is 0.336 e. The van der Waals surface area contributed by atoms with E-state index in [1.807, 2.05) is 0 Å². The number of carboxylic acids is 2. The number of hydrogen-bond acceptors (Lipinski definition) is 2. The predicted octanol–water partition coefficient (Wildman–Crippen LogP) is 3.39. The molecule has 0 aromatic heterocycles. The Bertz CT molecular complexity index is 701. The second kappa shape index (κ2) is 5.40. The maximum atomic E-state index is 11.4. The van der Waals surface area contributed by atoms with Crippen molar-refractivity contribution >= 4 is 18.0 Å². The zero-order valence-corrected chi connectivity index (χ0v) is 10.5. The smallest absolute Gasteiger partial charge is 0.336 e. The lowest BCUT2D eigenvalue weighted by Crippen LogP contribution is -2.03. The number of benzene rings is 2. The molecule has 0 heterocycles. The zero-order valence-electron chi connectivity index (χ0n) is 10.5. The fourth-order valence-corrected chi connectivity index (χ4v) is 2.04. The number of hydrogen-bond donors (Lipinski definition) is 2. The van der Waals surface area contributed by atoms with Crippen molar-refractivity contribution in [2.45, 2.75) is 0 Å². The van der Waals surface area contributed by atoms with E-state index in [4.69, 9.17) is 5.11 Å². The normalized spacial score (nSPS) is 10.0. The van der Waals surface area contributed by atoms with Gasteiger partial charge in [-0.05, 0) is 28.8 Å². The molecule has 0 atom stereocenters. The van der Waals surface area contributed by atoms with Crippen molar-refractivity contribution in [3.8, 4) is 11.1 Å². The molecule has 2 aromatic rings. The van der Waals surface area contributed by atoms with Crippen LogP contribution in [0.5, 0.6) is 0 Å². The fraction of sp³-hybridized carbons (Fsp3) is 0. The molecule has 0 aliphatic heterocycles. The summed E-state index contributed by atoms with van der Waals surface area (Å²) in [5, 5.41) is 18.4. The molecule has 0 bridgehead atoms. The van der Waals surface area contributed by atoms with E-state index in [1.165, 1.54) is 18.2 Å². The average Bonchev–Trinajstić information content (AvgIpc) is 2.46. The van der Waals surface area contributed by atoms with Gasteiger partial charge in [0.25, 0.3) is 0 Å². The lowest BCUT2D eigenvalue weighted by Gasteiger charge is -2.10. The molecular formula is C16H12O4. The van der Waals surface area contributed by atoms with Crippen LogP contribution in [0.15, 0.2) is 49.0 Å². The Morgan fingerprint density at radius 3 is 2.30 bits per heavy atom. The lowest BCUT2D eigenvalue weighted by atomic mass is 9.94. The van der Waals surface area contributed by atoms with Gasteiger partial charge in [0.1, 0.15) is 0 Å². The first-order valence-electron chi connectivity index (χ1n) is 5.87. The van der Waals surface area contributed by atoms with E-state index in [-0.39, 0.29) is 11.1 Å². The van der Waals surface area contributed by atoms with Gasteiger partial charge >= 0.3 is 11.9 Å². The monoisotopic (exact) mass is 268 g/mol. The number of aromatic carboxylic acids is 2. The molecule has 0 saturated carbocycles. The fourth-order valence-electron chi connectivity index (χ4n) is 2.04. The highest BCUT2D eigenvalue weighted by Crippen LogP contribution is 2.27. The molecular weight excluding hydrogens is 256 g/mol. The van der Waals surface area contributed by atoms with E-state index in [1.54, 1.807) is 30.3 Å². The van der Waals surface area contributed by atoms with Gasteiger partial charge in [-0.1, -0.05) is 43.0 Å². The van der Waals surface area contributed by atoms with Crippen LogP contribution in [0.2, 0.25) is 0 Å². The van der Waals surface area contributed by atoms with Crippen molar-refractivity contribution in [2.75, 3.05) is 0 Å². The minimum absolute atomic E-state index is 0.114. The summed E-state index contributed by atoms with van der Waals surface area (Å²) in [7, 11) is 0. The predicted molar refractivity (Wildman–Crippen MR) is 75.9 cm³/mol. The Kier molecular flexibility index (Phi) is 3.66. The molecule has 0 fully saturated rings. The summed E-state index contributed by atoms with van der Waals surface area (Å²) in [6.45, 7) is 3.60. The summed E-state index contributed by atoms with van der Waals surface area (Å²) < 4.78 is 0. The Morgan fingerprint density at radius 2 is 1.70 bits per heavy atom. The molecule has 0 saturated heterocycles. The van der Waals surface area contributed by atoms with Gasteiger partial charge in [-0.15, -0.1) is 0 Å². The first-order chi connectivity index (χ1) is 9.54. The second-order valence-electron chi connectivity index (χ2n) is 4.17. The van der Waals surface area contributed by atoms with E-state index in [9.17, 15) is 14.7 Å². The van der Waals surface area contributed by atoms with Gasteiger partial charge in [-0.3, -0.25) is 0 Å². The van der Waals surface area contributed by atoms with Crippen LogP contribution < -0.4 is 0 Å². The molecule has 0 aliphatic carbocycles. The maximum absolute atomic E-state index is 11.4. The molecule has 20 heavy (non-hydrogen) atoms. The minimum atomic E-state index is -1.07. The van der Waals surface area contributed by atoms with E-state index in [0.717, 1.165) is 0 Å². The van der Waals surface area contributed by atoms with Gasteiger partial charge in [0.05, 0.1) is 11.1 Å². The second-order valence-corrected chi connectivity index (χ2v) is 4.17. The highest BCUT2D eigenvalue weighted by molar-refractivity contribution is 6.00. The van der Waals surface area contributed by atoms with Crippen molar-refractivity contribution in [2.24, 2.45) is 0 Å². The van der Waals surface area contributed by atoms with E-state index in [0.29, 0.717) is 16.7 Å². The Hall–Kier alpha value is -2.88. The largest absolute Gasteiger partial charge is 0.478 e. The molecule has 100 valence electrons. The molecule has 0 amide bonds. The average molecular weight is 268 g/mol. The van der Waals surface area contributed by atoms with Gasteiger partial charge in [0, 0.05) is 0 Å². The van der Waals surface area contributed by atoms with Crippen LogP contribution in [0.3, 0.4) is 0 Å². The summed E-state index contributed by atoms with van der Waals surface area (Å²) in [5.41, 5.74) is 1.74. The number of carboxylic acid groups (broad SMARTS) is 2. The van der Waals surface area contributed by atoms with E-state index < -0.39 is 11.9 Å². The molecule has 0 unspecified atom stereocenters. The van der Waals surface area contributed by atoms with Gasteiger partial charge in [-0.2, -0.15) is 0 Å². The van der Waals surface area contributed by atoms with Crippen LogP contribution in [0.4, 0.5) is 0 Å². The number of rotatable bonds is 4. The SMILES string of the molecule is C=Cc1cccc(-c2cccc(C(=O)O)c2)c1C(=O)O. The first kappa shape index (κ1) is 13.5. The van der Waals surface area contributed by atoms with Gasteiger partial charge < -0.3 is 10.2 Å². The molecule has 2 aromatic carbocycles. The standard InChI is InChI=1S/C16H12O4/c1-2-10-5-4-8-13(14(10)16(19)20)11-6-3-7-12(9-11)15(17)18/h2-9H,1H2,(H,17,18)(H,19,20). The molecule has 0 spiro atoms. The van der Waals surface area contributed by atoms with Gasteiger partial charge in [-0.25, -0.2) is 9.59 Å².